The third-order valence-electron chi connectivity index (χ3n) is 3.37. The van der Waals surface area contributed by atoms with Gasteiger partial charge in [0.1, 0.15) is 16.3 Å². The van der Waals surface area contributed by atoms with Crippen molar-refractivity contribution in [3.63, 3.8) is 0 Å². The summed E-state index contributed by atoms with van der Waals surface area (Å²) in [6.07, 6.45) is 0.601. The maximum absolute atomic E-state index is 12.3. The van der Waals surface area contributed by atoms with Crippen LogP contribution in [-0.4, -0.2) is 27.5 Å². The number of hydrogen-bond acceptors (Lipinski definition) is 7. The molecule has 0 saturated heterocycles. The first-order chi connectivity index (χ1) is 11.4. The van der Waals surface area contributed by atoms with Gasteiger partial charge in [-0.1, -0.05) is 13.0 Å². The summed E-state index contributed by atoms with van der Waals surface area (Å²) in [7, 11) is 1.27. The lowest BCUT2D eigenvalue weighted by Crippen LogP contribution is -2.43. The maximum Gasteiger partial charge on any atom is 0.348 e. The number of nitrogen functional groups attached to an aromatic ring is 1. The lowest BCUT2D eigenvalue weighted by molar-refractivity contribution is 0.0479. The normalized spacial score (nSPS) is 10.6. The van der Waals surface area contributed by atoms with Gasteiger partial charge in [0.2, 0.25) is 5.78 Å². The van der Waals surface area contributed by atoms with E-state index in [1.54, 1.807) is 17.5 Å². The van der Waals surface area contributed by atoms with Crippen molar-refractivity contribution in [3.05, 3.63) is 48.8 Å². The molecule has 128 valence electrons. The first-order valence-electron chi connectivity index (χ1n) is 7.21. The van der Waals surface area contributed by atoms with E-state index in [9.17, 15) is 19.2 Å². The monoisotopic (exact) mass is 351 g/mol. The average molecular weight is 351 g/mol. The standard InChI is InChI=1S/C15H17N3O5S/c1-3-6-18-12(16)11(13(20)17(2)15(18)22)9(19)8-23-14(21)10-5-4-7-24-10/h4-5,7H,3,6,8,16H2,1-2H3. The number of rotatable bonds is 6. The van der Waals surface area contributed by atoms with Crippen molar-refractivity contribution in [2.45, 2.75) is 19.9 Å². The van der Waals surface area contributed by atoms with E-state index in [2.05, 4.69) is 0 Å². The quantitative estimate of drug-likeness (QED) is 0.603. The van der Waals surface area contributed by atoms with Crippen molar-refractivity contribution in [2.24, 2.45) is 7.05 Å². The van der Waals surface area contributed by atoms with E-state index in [0.717, 1.165) is 9.13 Å². The summed E-state index contributed by atoms with van der Waals surface area (Å²) in [5, 5.41) is 1.70. The molecular weight excluding hydrogens is 334 g/mol. The second-order valence-corrected chi connectivity index (χ2v) is 5.98. The third-order valence-corrected chi connectivity index (χ3v) is 4.22. The van der Waals surface area contributed by atoms with Crippen molar-refractivity contribution in [1.82, 2.24) is 9.13 Å². The van der Waals surface area contributed by atoms with Crippen LogP contribution < -0.4 is 17.0 Å². The van der Waals surface area contributed by atoms with E-state index in [-0.39, 0.29) is 17.9 Å². The van der Waals surface area contributed by atoms with Gasteiger partial charge in [0, 0.05) is 13.6 Å². The highest BCUT2D eigenvalue weighted by molar-refractivity contribution is 7.11. The number of nitrogens with zero attached hydrogens (tertiary/aromatic N) is 2. The predicted octanol–water partition coefficient (Wildman–Crippen LogP) is 0.640. The van der Waals surface area contributed by atoms with Crippen molar-refractivity contribution >= 4 is 28.9 Å². The summed E-state index contributed by atoms with van der Waals surface area (Å²) >= 11 is 1.18. The van der Waals surface area contributed by atoms with Gasteiger partial charge in [-0.05, 0) is 17.9 Å². The first kappa shape index (κ1) is 17.7. The van der Waals surface area contributed by atoms with Crippen LogP contribution in [0, 0.1) is 0 Å². The molecule has 0 spiro atoms. The zero-order valence-corrected chi connectivity index (χ0v) is 14.1. The van der Waals surface area contributed by atoms with Crippen LogP contribution in [0.3, 0.4) is 0 Å². The Bertz CT molecular complexity index is 880. The molecular formula is C15H17N3O5S. The highest BCUT2D eigenvalue weighted by Crippen LogP contribution is 2.11. The van der Waals surface area contributed by atoms with Gasteiger partial charge in [-0.15, -0.1) is 11.3 Å². The third kappa shape index (κ3) is 3.30. The molecule has 2 aromatic heterocycles. The van der Waals surface area contributed by atoms with E-state index < -0.39 is 29.6 Å². The van der Waals surface area contributed by atoms with Crippen molar-refractivity contribution in [3.8, 4) is 0 Å². The van der Waals surface area contributed by atoms with E-state index in [1.165, 1.54) is 18.4 Å². The minimum absolute atomic E-state index is 0.206. The molecule has 8 nitrogen and oxygen atoms in total. The zero-order chi connectivity index (χ0) is 17.9. The molecule has 0 amide bonds. The summed E-state index contributed by atoms with van der Waals surface area (Å²) in [5.41, 5.74) is 4.09. The molecule has 2 rings (SSSR count). The molecule has 24 heavy (non-hydrogen) atoms. The fourth-order valence-electron chi connectivity index (χ4n) is 2.15. The molecule has 0 atom stereocenters. The number of ether oxygens (including phenoxy) is 1. The number of aromatic nitrogens is 2. The van der Waals surface area contributed by atoms with E-state index in [0.29, 0.717) is 11.3 Å². The number of ketones is 1. The van der Waals surface area contributed by atoms with Gasteiger partial charge < -0.3 is 10.5 Å². The Morgan fingerprint density at radius 3 is 2.62 bits per heavy atom. The molecule has 2 heterocycles. The highest BCUT2D eigenvalue weighted by atomic mass is 32.1. The topological polar surface area (TPSA) is 113 Å². The summed E-state index contributed by atoms with van der Waals surface area (Å²) in [5.74, 6) is -1.61. The lowest BCUT2D eigenvalue weighted by atomic mass is 10.2. The van der Waals surface area contributed by atoms with Crippen LogP contribution in [0.1, 0.15) is 33.4 Å². The molecule has 0 aromatic carbocycles. The Morgan fingerprint density at radius 1 is 1.33 bits per heavy atom. The van der Waals surface area contributed by atoms with Crippen LogP contribution in [0.5, 0.6) is 0 Å². The molecule has 0 saturated carbocycles. The van der Waals surface area contributed by atoms with Gasteiger partial charge in [0.15, 0.2) is 6.61 Å². The number of carbonyl (C=O) groups excluding carboxylic acids is 2. The molecule has 0 bridgehead atoms. The van der Waals surface area contributed by atoms with Gasteiger partial charge in [-0.3, -0.25) is 18.7 Å². The number of esters is 1. The fraction of sp³-hybridized carbons (Fsp3) is 0.333. The van der Waals surface area contributed by atoms with Crippen molar-refractivity contribution in [1.29, 1.82) is 0 Å². The van der Waals surface area contributed by atoms with Gasteiger partial charge in [0.25, 0.3) is 5.56 Å². The smallest absolute Gasteiger partial charge is 0.348 e. The lowest BCUT2D eigenvalue weighted by Gasteiger charge is -2.13. The predicted molar refractivity (Wildman–Crippen MR) is 89.6 cm³/mol. The van der Waals surface area contributed by atoms with Gasteiger partial charge in [0.05, 0.1) is 0 Å². The van der Waals surface area contributed by atoms with Gasteiger partial charge in [-0.2, -0.15) is 0 Å². The van der Waals surface area contributed by atoms with E-state index in [4.69, 9.17) is 10.5 Å². The van der Waals surface area contributed by atoms with Gasteiger partial charge in [-0.25, -0.2) is 9.59 Å². The molecule has 2 N–H and O–H groups in total. The Labute approximate surface area is 141 Å². The number of nitrogens with two attached hydrogens (primary N) is 1. The molecule has 9 heteroatoms. The number of hydrogen-bond donors (Lipinski definition) is 1. The van der Waals surface area contributed by atoms with Crippen LogP contribution >= 0.6 is 11.3 Å². The minimum atomic E-state index is -0.804. The number of thiophene rings is 1. The molecule has 2 aromatic rings. The van der Waals surface area contributed by atoms with E-state index in [1.807, 2.05) is 6.92 Å². The van der Waals surface area contributed by atoms with Crippen LogP contribution in [0.15, 0.2) is 27.1 Å². The Morgan fingerprint density at radius 2 is 2.04 bits per heavy atom. The zero-order valence-electron chi connectivity index (χ0n) is 13.3. The minimum Gasteiger partial charge on any atom is -0.453 e. The molecule has 0 unspecified atom stereocenters. The van der Waals surface area contributed by atoms with Crippen LogP contribution in [-0.2, 0) is 18.3 Å². The summed E-state index contributed by atoms with van der Waals surface area (Å²) < 4.78 is 6.90. The molecule has 0 aliphatic heterocycles. The largest absolute Gasteiger partial charge is 0.453 e. The van der Waals surface area contributed by atoms with Crippen molar-refractivity contribution < 1.29 is 14.3 Å². The van der Waals surface area contributed by atoms with Crippen LogP contribution in [0.2, 0.25) is 0 Å². The van der Waals surface area contributed by atoms with Crippen molar-refractivity contribution in [2.75, 3.05) is 12.3 Å². The van der Waals surface area contributed by atoms with Crippen LogP contribution in [0.25, 0.3) is 0 Å². The number of anilines is 1. The number of Topliss-reactive ketones (excluding diaryl/α,β-unsaturated/α-hetero) is 1. The molecule has 0 aliphatic rings. The molecule has 0 aliphatic carbocycles. The second-order valence-electron chi connectivity index (χ2n) is 5.04. The number of carbonyl (C=O) groups is 2. The fourth-order valence-corrected chi connectivity index (χ4v) is 2.77. The van der Waals surface area contributed by atoms with Crippen LogP contribution in [0.4, 0.5) is 5.82 Å². The maximum atomic E-state index is 12.3. The Balaban J connectivity index is 2.31. The highest BCUT2D eigenvalue weighted by Gasteiger charge is 2.22. The Kier molecular flexibility index (Phi) is 5.35. The summed E-state index contributed by atoms with van der Waals surface area (Å²) in [4.78, 5) is 48.7. The Hall–Kier alpha value is -2.68. The molecule has 0 fully saturated rings. The van der Waals surface area contributed by atoms with Gasteiger partial charge >= 0.3 is 11.7 Å². The first-order valence-corrected chi connectivity index (χ1v) is 8.09. The van der Waals surface area contributed by atoms with E-state index >= 15 is 0 Å². The summed E-state index contributed by atoms with van der Waals surface area (Å²) in [6, 6.07) is 3.24. The SMILES string of the molecule is CCCn1c(N)c(C(=O)COC(=O)c2cccs2)c(=O)n(C)c1=O. The second kappa shape index (κ2) is 7.26. The molecule has 0 radical (unpaired) electrons. The average Bonchev–Trinajstić information content (AvgIpc) is 3.09. The summed E-state index contributed by atoms with van der Waals surface area (Å²) in [6.45, 7) is 1.48.